The van der Waals surface area contributed by atoms with Gasteiger partial charge in [-0.1, -0.05) is 17.7 Å². The first-order valence-corrected chi connectivity index (χ1v) is 4.94. The number of hydrogen-bond acceptors (Lipinski definition) is 2. The highest BCUT2D eigenvalue weighted by Gasteiger charge is 2.19. The van der Waals surface area contributed by atoms with Crippen molar-refractivity contribution in [1.29, 1.82) is 0 Å². The minimum Gasteiger partial charge on any atom is -0.479 e. The van der Waals surface area contributed by atoms with Crippen LogP contribution in [0.25, 0.3) is 0 Å². The van der Waals surface area contributed by atoms with Gasteiger partial charge in [0.15, 0.2) is 6.10 Å². The fraction of sp³-hybridized carbons (Fsp3) is 0.222. The van der Waals surface area contributed by atoms with E-state index in [-0.39, 0.29) is 0 Å². The molecule has 0 radical (unpaired) electrons. The summed E-state index contributed by atoms with van der Waals surface area (Å²) < 4.78 is 5.54. The molecule has 0 heterocycles. The van der Waals surface area contributed by atoms with Crippen molar-refractivity contribution in [3.8, 4) is 0 Å². The Labute approximate surface area is 94.8 Å². The zero-order valence-electron chi connectivity index (χ0n) is 7.33. The van der Waals surface area contributed by atoms with Crippen LogP contribution in [-0.4, -0.2) is 18.2 Å². The number of carboxylic acid groups (broad SMARTS) is 1. The molecule has 0 aliphatic rings. The van der Waals surface area contributed by atoms with Gasteiger partial charge in [-0.2, -0.15) is 0 Å². The molecule has 0 aliphatic carbocycles. The van der Waals surface area contributed by atoms with Crippen LogP contribution in [-0.2, 0) is 9.53 Å². The van der Waals surface area contributed by atoms with E-state index < -0.39 is 12.1 Å². The van der Waals surface area contributed by atoms with E-state index in [1.807, 2.05) is 0 Å². The standard InChI is InChI=1S/C9H8BrClO3/c1-14-8(9(12)13)5-2-3-6(10)7(11)4-5/h2-4,8H,1H3,(H,12,13). The van der Waals surface area contributed by atoms with Crippen molar-refractivity contribution in [1.82, 2.24) is 0 Å². The van der Waals surface area contributed by atoms with E-state index in [1.165, 1.54) is 7.11 Å². The van der Waals surface area contributed by atoms with Crippen LogP contribution in [0, 0.1) is 0 Å². The summed E-state index contributed by atoms with van der Waals surface area (Å²) in [6.45, 7) is 0. The van der Waals surface area contributed by atoms with Crippen LogP contribution < -0.4 is 0 Å². The van der Waals surface area contributed by atoms with Crippen molar-refractivity contribution in [2.24, 2.45) is 0 Å². The molecule has 1 unspecified atom stereocenters. The van der Waals surface area contributed by atoms with E-state index in [2.05, 4.69) is 15.9 Å². The van der Waals surface area contributed by atoms with Crippen LogP contribution in [0.4, 0.5) is 0 Å². The molecule has 3 nitrogen and oxygen atoms in total. The van der Waals surface area contributed by atoms with Crippen LogP contribution >= 0.6 is 27.5 Å². The van der Waals surface area contributed by atoms with Crippen molar-refractivity contribution < 1.29 is 14.6 Å². The molecule has 0 amide bonds. The van der Waals surface area contributed by atoms with Gasteiger partial charge in [-0.15, -0.1) is 0 Å². The average molecular weight is 280 g/mol. The van der Waals surface area contributed by atoms with Gasteiger partial charge in [0.2, 0.25) is 0 Å². The lowest BCUT2D eigenvalue weighted by Gasteiger charge is -2.11. The molecule has 1 rings (SSSR count). The number of ether oxygens (including phenoxy) is 1. The fourth-order valence-electron chi connectivity index (χ4n) is 1.05. The summed E-state index contributed by atoms with van der Waals surface area (Å²) in [6, 6.07) is 4.90. The van der Waals surface area contributed by atoms with Gasteiger partial charge in [0.25, 0.3) is 0 Å². The Morgan fingerprint density at radius 1 is 1.64 bits per heavy atom. The van der Waals surface area contributed by atoms with E-state index in [1.54, 1.807) is 18.2 Å². The van der Waals surface area contributed by atoms with E-state index in [4.69, 9.17) is 21.4 Å². The third-order valence-electron chi connectivity index (χ3n) is 1.71. The number of hydrogen-bond donors (Lipinski definition) is 1. The number of aliphatic carboxylic acids is 1. The lowest BCUT2D eigenvalue weighted by molar-refractivity contribution is -0.148. The summed E-state index contributed by atoms with van der Waals surface area (Å²) in [6.07, 6.45) is -0.972. The Bertz CT molecular complexity index is 354. The highest BCUT2D eigenvalue weighted by Crippen LogP contribution is 2.27. The minimum atomic E-state index is -1.04. The number of carbonyl (C=O) groups is 1. The molecular weight excluding hydrogens is 271 g/mol. The molecule has 76 valence electrons. The molecule has 0 fully saturated rings. The third-order valence-corrected chi connectivity index (χ3v) is 2.94. The highest BCUT2D eigenvalue weighted by atomic mass is 79.9. The monoisotopic (exact) mass is 278 g/mol. The summed E-state index contributed by atoms with van der Waals surface area (Å²) in [5, 5.41) is 9.27. The van der Waals surface area contributed by atoms with E-state index in [0.29, 0.717) is 10.6 Å². The van der Waals surface area contributed by atoms with Crippen LogP contribution in [0.15, 0.2) is 22.7 Å². The Morgan fingerprint density at radius 3 is 2.71 bits per heavy atom. The van der Waals surface area contributed by atoms with Crippen LogP contribution in [0.3, 0.4) is 0 Å². The maximum Gasteiger partial charge on any atom is 0.337 e. The normalized spacial score (nSPS) is 12.5. The number of benzene rings is 1. The topological polar surface area (TPSA) is 46.5 Å². The Kier molecular flexibility index (Phi) is 3.92. The van der Waals surface area contributed by atoms with Gasteiger partial charge in [0.1, 0.15) is 0 Å². The lowest BCUT2D eigenvalue weighted by Crippen LogP contribution is -2.13. The van der Waals surface area contributed by atoms with Crippen molar-refractivity contribution >= 4 is 33.5 Å². The fourth-order valence-corrected chi connectivity index (χ4v) is 1.49. The molecule has 1 aromatic rings. The zero-order chi connectivity index (χ0) is 10.7. The van der Waals surface area contributed by atoms with Crippen molar-refractivity contribution in [3.63, 3.8) is 0 Å². The van der Waals surface area contributed by atoms with Crippen molar-refractivity contribution in [3.05, 3.63) is 33.3 Å². The van der Waals surface area contributed by atoms with E-state index >= 15 is 0 Å². The molecule has 14 heavy (non-hydrogen) atoms. The number of carboxylic acids is 1. The molecule has 0 saturated heterocycles. The Morgan fingerprint density at radius 2 is 2.29 bits per heavy atom. The van der Waals surface area contributed by atoms with Crippen molar-refractivity contribution in [2.75, 3.05) is 7.11 Å². The molecule has 1 atom stereocenters. The predicted octanol–water partition coefficient (Wildman–Crippen LogP) is 2.87. The third kappa shape index (κ3) is 2.47. The van der Waals surface area contributed by atoms with Gasteiger partial charge in [-0.05, 0) is 33.6 Å². The summed E-state index contributed by atoms with van der Waals surface area (Å²) >= 11 is 9.04. The second-order valence-corrected chi connectivity index (χ2v) is 3.89. The SMILES string of the molecule is COC(C(=O)O)c1ccc(Br)c(Cl)c1. The van der Waals surface area contributed by atoms with Gasteiger partial charge in [-0.25, -0.2) is 4.79 Å². The van der Waals surface area contributed by atoms with Crippen LogP contribution in [0.2, 0.25) is 5.02 Å². The second-order valence-electron chi connectivity index (χ2n) is 2.63. The van der Waals surface area contributed by atoms with Crippen LogP contribution in [0.5, 0.6) is 0 Å². The molecule has 0 bridgehead atoms. The van der Waals surface area contributed by atoms with E-state index in [0.717, 1.165) is 4.47 Å². The molecule has 5 heteroatoms. The maximum absolute atomic E-state index is 10.7. The number of rotatable bonds is 3. The van der Waals surface area contributed by atoms with Gasteiger partial charge < -0.3 is 9.84 Å². The van der Waals surface area contributed by atoms with Gasteiger partial charge in [0, 0.05) is 11.6 Å². The van der Waals surface area contributed by atoms with Gasteiger partial charge in [-0.3, -0.25) is 0 Å². The molecule has 0 aliphatic heterocycles. The molecule has 1 N–H and O–H groups in total. The number of halogens is 2. The first kappa shape index (κ1) is 11.5. The molecule has 0 spiro atoms. The quantitative estimate of drug-likeness (QED) is 0.925. The molecule has 0 aromatic heterocycles. The summed E-state index contributed by atoms with van der Waals surface area (Å²) in [7, 11) is 1.34. The van der Waals surface area contributed by atoms with Crippen molar-refractivity contribution in [2.45, 2.75) is 6.10 Å². The van der Waals surface area contributed by atoms with Gasteiger partial charge in [0.05, 0.1) is 5.02 Å². The highest BCUT2D eigenvalue weighted by molar-refractivity contribution is 9.10. The average Bonchev–Trinajstić information content (AvgIpc) is 2.11. The summed E-state index contributed by atoms with van der Waals surface area (Å²) in [5.41, 5.74) is 0.521. The Hall–Kier alpha value is -0.580. The van der Waals surface area contributed by atoms with Gasteiger partial charge >= 0.3 is 5.97 Å². The van der Waals surface area contributed by atoms with Crippen LogP contribution in [0.1, 0.15) is 11.7 Å². The lowest BCUT2D eigenvalue weighted by atomic mass is 10.1. The van der Waals surface area contributed by atoms with E-state index in [9.17, 15) is 4.79 Å². The molecule has 0 saturated carbocycles. The largest absolute Gasteiger partial charge is 0.479 e. The maximum atomic E-state index is 10.7. The molecular formula is C9H8BrClO3. The number of methoxy groups -OCH3 is 1. The smallest absolute Gasteiger partial charge is 0.337 e. The second kappa shape index (κ2) is 4.77. The zero-order valence-corrected chi connectivity index (χ0v) is 9.67. The first-order valence-electron chi connectivity index (χ1n) is 3.77. The minimum absolute atomic E-state index is 0.464. The molecule has 1 aromatic carbocycles. The summed E-state index contributed by atoms with van der Waals surface area (Å²) in [5.74, 6) is -1.04. The predicted molar refractivity (Wildman–Crippen MR) is 56.5 cm³/mol. The summed E-state index contributed by atoms with van der Waals surface area (Å²) in [4.78, 5) is 10.7. The first-order chi connectivity index (χ1) is 6.56. The Balaban J connectivity index is 3.06.